The van der Waals surface area contributed by atoms with Crippen LogP contribution in [-0.4, -0.2) is 29.5 Å². The van der Waals surface area contributed by atoms with Gasteiger partial charge in [0.25, 0.3) is 5.91 Å². The van der Waals surface area contributed by atoms with Gasteiger partial charge in [-0.05, 0) is 49.6 Å². The first-order chi connectivity index (χ1) is 13.5. The van der Waals surface area contributed by atoms with Crippen LogP contribution in [0.5, 0.6) is 5.75 Å². The highest BCUT2D eigenvalue weighted by Crippen LogP contribution is 2.20. The van der Waals surface area contributed by atoms with Crippen molar-refractivity contribution < 1.29 is 9.53 Å². The molecule has 0 aliphatic heterocycles. The van der Waals surface area contributed by atoms with Gasteiger partial charge in [0.1, 0.15) is 23.6 Å². The fourth-order valence-electron chi connectivity index (χ4n) is 2.84. The lowest BCUT2D eigenvalue weighted by Gasteiger charge is -2.10. The molecule has 0 radical (unpaired) electrons. The molecule has 0 saturated heterocycles. The lowest BCUT2D eigenvalue weighted by Crippen LogP contribution is -2.26. The average Bonchev–Trinajstić information content (AvgIpc) is 2.71. The zero-order valence-electron chi connectivity index (χ0n) is 16.3. The molecule has 1 amide bonds. The number of hydrogen-bond acceptors (Lipinski definition) is 5. The first-order valence-electron chi connectivity index (χ1n) is 9.12. The normalized spacial score (nSPS) is 10.4. The second-order valence-corrected chi connectivity index (χ2v) is 6.59. The van der Waals surface area contributed by atoms with Crippen LogP contribution >= 0.6 is 0 Å². The van der Waals surface area contributed by atoms with Gasteiger partial charge in [-0.25, -0.2) is 9.97 Å². The lowest BCUT2D eigenvalue weighted by molar-refractivity contribution is 0.0949. The first kappa shape index (κ1) is 19.4. The molecule has 2 N–H and O–H groups in total. The lowest BCUT2D eigenvalue weighted by atomic mass is 10.1. The van der Waals surface area contributed by atoms with Gasteiger partial charge < -0.3 is 15.4 Å². The number of aryl methyl sites for hydroxylation is 2. The zero-order chi connectivity index (χ0) is 19.9. The van der Waals surface area contributed by atoms with E-state index in [1.807, 2.05) is 43.3 Å². The number of carbonyl (C=O) groups excluding carboxylic acids is 1. The van der Waals surface area contributed by atoms with Gasteiger partial charge in [0.15, 0.2) is 0 Å². The fraction of sp³-hybridized carbons (Fsp3) is 0.227. The Balaban J connectivity index is 1.58. The monoisotopic (exact) mass is 376 g/mol. The van der Waals surface area contributed by atoms with Crippen LogP contribution in [0.1, 0.15) is 27.2 Å². The number of aromatic nitrogens is 2. The number of carbonyl (C=O) groups is 1. The molecule has 0 spiro atoms. The minimum atomic E-state index is -0.223. The molecule has 28 heavy (non-hydrogen) atoms. The Bertz CT molecular complexity index is 955. The summed E-state index contributed by atoms with van der Waals surface area (Å²) in [4.78, 5) is 20.7. The maximum Gasteiger partial charge on any atom is 0.270 e. The quantitative estimate of drug-likeness (QED) is 0.656. The summed E-state index contributed by atoms with van der Waals surface area (Å²) >= 11 is 0. The molecule has 0 atom stereocenters. The Morgan fingerprint density at radius 1 is 1.04 bits per heavy atom. The highest BCUT2D eigenvalue weighted by Gasteiger charge is 2.09. The molecule has 3 rings (SSSR count). The number of amides is 1. The van der Waals surface area contributed by atoms with Crippen molar-refractivity contribution in [3.63, 3.8) is 0 Å². The molecule has 1 heterocycles. The van der Waals surface area contributed by atoms with Gasteiger partial charge in [0.2, 0.25) is 0 Å². The van der Waals surface area contributed by atoms with Crippen molar-refractivity contribution in [3.8, 4) is 5.75 Å². The van der Waals surface area contributed by atoms with Crippen molar-refractivity contribution >= 4 is 17.4 Å². The number of methoxy groups -OCH3 is 1. The van der Waals surface area contributed by atoms with Crippen molar-refractivity contribution in [2.24, 2.45) is 0 Å². The molecule has 0 aliphatic carbocycles. The Kier molecular flexibility index (Phi) is 6.22. The van der Waals surface area contributed by atoms with Crippen molar-refractivity contribution in [3.05, 3.63) is 77.2 Å². The van der Waals surface area contributed by atoms with Crippen LogP contribution in [0.3, 0.4) is 0 Å². The summed E-state index contributed by atoms with van der Waals surface area (Å²) in [5.41, 5.74) is 4.72. The van der Waals surface area contributed by atoms with Crippen LogP contribution in [0, 0.1) is 13.8 Å². The third kappa shape index (κ3) is 5.07. The van der Waals surface area contributed by atoms with E-state index in [1.54, 1.807) is 13.2 Å². The minimum absolute atomic E-state index is 0.223. The summed E-state index contributed by atoms with van der Waals surface area (Å²) in [5.74, 6) is 1.18. The van der Waals surface area contributed by atoms with Crippen LogP contribution in [-0.2, 0) is 6.42 Å². The smallest absolute Gasteiger partial charge is 0.270 e. The highest BCUT2D eigenvalue weighted by molar-refractivity contribution is 5.93. The minimum Gasteiger partial charge on any atom is -0.497 e. The molecular weight excluding hydrogens is 352 g/mol. The van der Waals surface area contributed by atoms with E-state index in [1.165, 1.54) is 11.9 Å². The first-order valence-corrected chi connectivity index (χ1v) is 9.12. The van der Waals surface area contributed by atoms with E-state index in [9.17, 15) is 4.79 Å². The average molecular weight is 376 g/mol. The second kappa shape index (κ2) is 8.99. The van der Waals surface area contributed by atoms with E-state index in [-0.39, 0.29) is 5.91 Å². The van der Waals surface area contributed by atoms with Gasteiger partial charge in [-0.3, -0.25) is 4.79 Å². The molecule has 6 heteroatoms. The van der Waals surface area contributed by atoms with E-state index < -0.39 is 0 Å². The number of ether oxygens (including phenoxy) is 1. The number of rotatable bonds is 7. The molecule has 0 aliphatic rings. The number of benzene rings is 2. The molecule has 1 aromatic heterocycles. The van der Waals surface area contributed by atoms with Crippen LogP contribution < -0.4 is 15.4 Å². The fourth-order valence-corrected chi connectivity index (χ4v) is 2.84. The largest absolute Gasteiger partial charge is 0.497 e. The molecule has 0 saturated carbocycles. The summed E-state index contributed by atoms with van der Waals surface area (Å²) in [5, 5.41) is 6.14. The number of nitrogens with zero attached hydrogens (tertiary/aromatic N) is 2. The van der Waals surface area contributed by atoms with Gasteiger partial charge in [-0.1, -0.05) is 29.8 Å². The number of anilines is 2. The van der Waals surface area contributed by atoms with Crippen molar-refractivity contribution in [1.29, 1.82) is 0 Å². The van der Waals surface area contributed by atoms with Gasteiger partial charge in [0.05, 0.1) is 7.11 Å². The van der Waals surface area contributed by atoms with E-state index in [0.717, 1.165) is 29.0 Å². The molecule has 144 valence electrons. The van der Waals surface area contributed by atoms with Crippen LogP contribution in [0.2, 0.25) is 0 Å². The summed E-state index contributed by atoms with van der Waals surface area (Å²) in [6.45, 7) is 4.61. The SMILES string of the molecule is COc1ccc(CCNC(=O)c2cc(Nc3ccc(C)cc3C)ncn2)cc1. The third-order valence-corrected chi connectivity index (χ3v) is 4.40. The molecule has 6 nitrogen and oxygen atoms in total. The van der Waals surface area contributed by atoms with Gasteiger partial charge >= 0.3 is 0 Å². The summed E-state index contributed by atoms with van der Waals surface area (Å²) < 4.78 is 5.15. The second-order valence-electron chi connectivity index (χ2n) is 6.59. The Labute approximate surface area is 165 Å². The van der Waals surface area contributed by atoms with E-state index in [0.29, 0.717) is 18.1 Å². The Morgan fingerprint density at radius 3 is 2.54 bits per heavy atom. The predicted molar refractivity (Wildman–Crippen MR) is 110 cm³/mol. The van der Waals surface area contributed by atoms with Gasteiger partial charge in [-0.15, -0.1) is 0 Å². The Morgan fingerprint density at radius 2 is 1.82 bits per heavy atom. The summed E-state index contributed by atoms with van der Waals surface area (Å²) in [7, 11) is 1.64. The van der Waals surface area contributed by atoms with Crippen LogP contribution in [0.25, 0.3) is 0 Å². The van der Waals surface area contributed by atoms with E-state index >= 15 is 0 Å². The topological polar surface area (TPSA) is 76.1 Å². The molecule has 0 fully saturated rings. The van der Waals surface area contributed by atoms with Crippen molar-refractivity contribution in [1.82, 2.24) is 15.3 Å². The van der Waals surface area contributed by atoms with Crippen LogP contribution in [0.15, 0.2) is 54.9 Å². The molecule has 3 aromatic rings. The highest BCUT2D eigenvalue weighted by atomic mass is 16.5. The van der Waals surface area contributed by atoms with Gasteiger partial charge in [0, 0.05) is 18.3 Å². The van der Waals surface area contributed by atoms with Crippen LogP contribution in [0.4, 0.5) is 11.5 Å². The number of hydrogen-bond donors (Lipinski definition) is 2. The maximum absolute atomic E-state index is 12.4. The van der Waals surface area contributed by atoms with Crippen molar-refractivity contribution in [2.75, 3.05) is 19.0 Å². The molecule has 0 bridgehead atoms. The summed E-state index contributed by atoms with van der Waals surface area (Å²) in [6.07, 6.45) is 2.12. The number of nitrogens with one attached hydrogen (secondary N) is 2. The molecular formula is C22H24N4O2. The van der Waals surface area contributed by atoms with Gasteiger partial charge in [-0.2, -0.15) is 0 Å². The molecule has 0 unspecified atom stereocenters. The molecule has 2 aromatic carbocycles. The zero-order valence-corrected chi connectivity index (χ0v) is 16.3. The van der Waals surface area contributed by atoms with Crippen molar-refractivity contribution in [2.45, 2.75) is 20.3 Å². The summed E-state index contributed by atoms with van der Waals surface area (Å²) in [6, 6.07) is 15.6. The predicted octanol–water partition coefficient (Wildman–Crippen LogP) is 3.82. The van der Waals surface area contributed by atoms with E-state index in [4.69, 9.17) is 4.74 Å². The van der Waals surface area contributed by atoms with E-state index in [2.05, 4.69) is 33.6 Å². The Hall–Kier alpha value is -3.41. The maximum atomic E-state index is 12.4. The third-order valence-electron chi connectivity index (χ3n) is 4.40. The standard InChI is InChI=1S/C22H24N4O2/c1-15-4-9-19(16(2)12-15)26-21-13-20(24-14-25-21)22(27)23-11-10-17-5-7-18(28-3)8-6-17/h4-9,12-14H,10-11H2,1-3H3,(H,23,27)(H,24,25,26).